The molecule has 2 rings (SSSR count). The largest absolute Gasteiger partial charge is 0.395 e. The number of carbonyl (C=O) groups excluding carboxylic acids is 1. The fourth-order valence-electron chi connectivity index (χ4n) is 1.79. The fraction of sp³-hybridized carbons (Fsp3) is 0.308. The number of rotatable bonds is 3. The number of pyridine rings is 1. The highest BCUT2D eigenvalue weighted by atomic mass is 35.5. The van der Waals surface area contributed by atoms with Crippen molar-refractivity contribution in [2.24, 2.45) is 0 Å². The maximum atomic E-state index is 12.1. The number of amides is 1. The molecular formula is C13H16ClN5O. The molecule has 7 heteroatoms. The number of hydrogen-bond acceptors (Lipinski definition) is 4. The lowest BCUT2D eigenvalue weighted by Crippen LogP contribution is -2.14. The summed E-state index contributed by atoms with van der Waals surface area (Å²) in [6.45, 7) is 5.75. The molecule has 0 spiro atoms. The van der Waals surface area contributed by atoms with E-state index in [0.717, 1.165) is 11.3 Å². The molecule has 4 N–H and O–H groups in total. The number of hydrogen-bond donors (Lipinski definition) is 3. The van der Waals surface area contributed by atoms with Gasteiger partial charge >= 0.3 is 0 Å². The van der Waals surface area contributed by atoms with Crippen molar-refractivity contribution in [3.05, 3.63) is 34.4 Å². The number of carbonyl (C=O) groups is 1. The topological polar surface area (TPSA) is 96.7 Å². The lowest BCUT2D eigenvalue weighted by molar-refractivity contribution is 0.102. The third-order valence-corrected chi connectivity index (χ3v) is 3.29. The Kier molecular flexibility index (Phi) is 3.94. The van der Waals surface area contributed by atoms with Gasteiger partial charge in [0.25, 0.3) is 5.91 Å². The first-order valence-corrected chi connectivity index (χ1v) is 6.55. The van der Waals surface area contributed by atoms with Gasteiger partial charge in [-0.15, -0.1) is 0 Å². The zero-order chi connectivity index (χ0) is 14.9. The number of H-pyrrole nitrogens is 1. The standard InChI is InChI=1S/C13H16ClN5O/c1-6(2)10-9(15)11(19-18-10)13(20)17-8-4-7(3)12(14)16-5-8/h4-6H,15H2,1-3H3,(H,17,20)(H,18,19). The summed E-state index contributed by atoms with van der Waals surface area (Å²) >= 11 is 5.84. The van der Waals surface area contributed by atoms with Crippen molar-refractivity contribution < 1.29 is 4.79 Å². The van der Waals surface area contributed by atoms with E-state index in [0.29, 0.717) is 16.5 Å². The summed E-state index contributed by atoms with van der Waals surface area (Å²) in [5, 5.41) is 9.86. The van der Waals surface area contributed by atoms with Crippen LogP contribution in [0, 0.1) is 6.92 Å². The van der Waals surface area contributed by atoms with Crippen LogP contribution in [0.25, 0.3) is 0 Å². The highest BCUT2D eigenvalue weighted by Gasteiger charge is 2.19. The summed E-state index contributed by atoms with van der Waals surface area (Å²) in [7, 11) is 0. The minimum Gasteiger partial charge on any atom is -0.395 e. The number of anilines is 2. The van der Waals surface area contributed by atoms with Gasteiger partial charge in [-0.1, -0.05) is 25.4 Å². The zero-order valence-corrected chi connectivity index (χ0v) is 12.2. The highest BCUT2D eigenvalue weighted by Crippen LogP contribution is 2.23. The summed E-state index contributed by atoms with van der Waals surface area (Å²) in [6.07, 6.45) is 1.49. The van der Waals surface area contributed by atoms with Gasteiger partial charge in [0.15, 0.2) is 5.69 Å². The lowest BCUT2D eigenvalue weighted by Gasteiger charge is -2.06. The van der Waals surface area contributed by atoms with Crippen LogP contribution in [0.3, 0.4) is 0 Å². The molecular weight excluding hydrogens is 278 g/mol. The second-order valence-electron chi connectivity index (χ2n) is 4.84. The smallest absolute Gasteiger partial charge is 0.278 e. The van der Waals surface area contributed by atoms with E-state index in [1.54, 1.807) is 6.07 Å². The van der Waals surface area contributed by atoms with Crippen LogP contribution in [0.5, 0.6) is 0 Å². The van der Waals surface area contributed by atoms with Gasteiger partial charge in [-0.3, -0.25) is 9.89 Å². The highest BCUT2D eigenvalue weighted by molar-refractivity contribution is 6.30. The quantitative estimate of drug-likeness (QED) is 0.758. The van der Waals surface area contributed by atoms with Gasteiger partial charge in [0.05, 0.1) is 23.3 Å². The molecule has 2 aromatic heterocycles. The minimum absolute atomic E-state index is 0.170. The molecule has 20 heavy (non-hydrogen) atoms. The number of aryl methyl sites for hydroxylation is 1. The Bertz CT molecular complexity index is 650. The second-order valence-corrected chi connectivity index (χ2v) is 5.20. The third kappa shape index (κ3) is 2.75. The minimum atomic E-state index is -0.380. The molecule has 0 saturated heterocycles. The first-order valence-electron chi connectivity index (χ1n) is 6.17. The van der Waals surface area contributed by atoms with Crippen LogP contribution < -0.4 is 11.1 Å². The molecule has 0 fully saturated rings. The molecule has 106 valence electrons. The van der Waals surface area contributed by atoms with Crippen LogP contribution in [0.1, 0.15) is 41.5 Å². The van der Waals surface area contributed by atoms with E-state index >= 15 is 0 Å². The van der Waals surface area contributed by atoms with Gasteiger partial charge < -0.3 is 11.1 Å². The molecule has 0 atom stereocenters. The Labute approximate surface area is 121 Å². The van der Waals surface area contributed by atoms with Gasteiger partial charge in [0.2, 0.25) is 0 Å². The lowest BCUT2D eigenvalue weighted by atomic mass is 10.1. The number of nitrogens with zero attached hydrogens (tertiary/aromatic N) is 2. The first kappa shape index (κ1) is 14.3. The Morgan fingerprint density at radius 2 is 2.20 bits per heavy atom. The number of halogens is 1. The molecule has 0 aliphatic carbocycles. The van der Waals surface area contributed by atoms with E-state index in [4.69, 9.17) is 17.3 Å². The molecule has 0 saturated carbocycles. The molecule has 1 amide bonds. The van der Waals surface area contributed by atoms with Crippen LogP contribution in [-0.4, -0.2) is 21.1 Å². The van der Waals surface area contributed by atoms with Crippen LogP contribution in [0.4, 0.5) is 11.4 Å². The summed E-state index contributed by atoms with van der Waals surface area (Å²) in [4.78, 5) is 16.1. The Morgan fingerprint density at radius 3 is 2.75 bits per heavy atom. The van der Waals surface area contributed by atoms with E-state index in [2.05, 4.69) is 20.5 Å². The third-order valence-electron chi connectivity index (χ3n) is 2.90. The number of nitrogens with two attached hydrogens (primary N) is 1. The van der Waals surface area contributed by atoms with Crippen molar-refractivity contribution in [3.63, 3.8) is 0 Å². The molecule has 2 heterocycles. The van der Waals surface area contributed by atoms with E-state index in [-0.39, 0.29) is 17.5 Å². The first-order chi connectivity index (χ1) is 9.40. The predicted molar refractivity (Wildman–Crippen MR) is 79.0 cm³/mol. The van der Waals surface area contributed by atoms with E-state index < -0.39 is 0 Å². The SMILES string of the molecule is Cc1cc(NC(=O)c2n[nH]c(C(C)C)c2N)cnc1Cl. The van der Waals surface area contributed by atoms with Gasteiger partial charge in [-0.2, -0.15) is 5.10 Å². The Hall–Kier alpha value is -2.08. The summed E-state index contributed by atoms with van der Waals surface area (Å²) in [5.74, 6) is -0.210. The van der Waals surface area contributed by atoms with Crippen LogP contribution in [0.15, 0.2) is 12.3 Å². The maximum Gasteiger partial charge on any atom is 0.278 e. The van der Waals surface area contributed by atoms with Crippen LogP contribution in [0.2, 0.25) is 5.15 Å². The van der Waals surface area contributed by atoms with Crippen molar-refractivity contribution in [1.82, 2.24) is 15.2 Å². The number of aromatic nitrogens is 3. The van der Waals surface area contributed by atoms with Gasteiger partial charge in [-0.25, -0.2) is 4.98 Å². The monoisotopic (exact) mass is 293 g/mol. The van der Waals surface area contributed by atoms with Gasteiger partial charge in [0, 0.05) is 0 Å². The Morgan fingerprint density at radius 1 is 1.50 bits per heavy atom. The van der Waals surface area contributed by atoms with Crippen molar-refractivity contribution in [2.75, 3.05) is 11.1 Å². The van der Waals surface area contributed by atoms with Crippen LogP contribution >= 0.6 is 11.6 Å². The van der Waals surface area contributed by atoms with Crippen LogP contribution in [-0.2, 0) is 0 Å². The summed E-state index contributed by atoms with van der Waals surface area (Å²) in [6, 6.07) is 1.74. The van der Waals surface area contributed by atoms with E-state index in [1.165, 1.54) is 6.20 Å². The predicted octanol–water partition coefficient (Wildman–Crippen LogP) is 2.72. The summed E-state index contributed by atoms with van der Waals surface area (Å²) < 4.78 is 0. The summed E-state index contributed by atoms with van der Waals surface area (Å²) in [5.41, 5.74) is 8.55. The fourth-order valence-corrected chi connectivity index (χ4v) is 1.90. The normalized spacial score (nSPS) is 10.8. The van der Waals surface area contributed by atoms with Crippen molar-refractivity contribution in [1.29, 1.82) is 0 Å². The molecule has 2 aromatic rings. The van der Waals surface area contributed by atoms with Gasteiger partial charge in [0.1, 0.15) is 5.15 Å². The molecule has 0 radical (unpaired) electrons. The molecule has 0 bridgehead atoms. The average Bonchev–Trinajstić information content (AvgIpc) is 2.76. The molecule has 0 unspecified atom stereocenters. The molecule has 0 aromatic carbocycles. The number of nitrogens with one attached hydrogen (secondary N) is 2. The van der Waals surface area contributed by atoms with E-state index in [9.17, 15) is 4.79 Å². The molecule has 0 aliphatic heterocycles. The van der Waals surface area contributed by atoms with Gasteiger partial charge in [-0.05, 0) is 24.5 Å². The van der Waals surface area contributed by atoms with Crippen molar-refractivity contribution >= 4 is 28.9 Å². The average molecular weight is 294 g/mol. The molecule has 0 aliphatic rings. The van der Waals surface area contributed by atoms with Crippen molar-refractivity contribution in [3.8, 4) is 0 Å². The van der Waals surface area contributed by atoms with Crippen molar-refractivity contribution in [2.45, 2.75) is 26.7 Å². The maximum absolute atomic E-state index is 12.1. The number of aromatic amines is 1. The zero-order valence-electron chi connectivity index (χ0n) is 11.5. The number of nitrogen functional groups attached to an aromatic ring is 1. The second kappa shape index (κ2) is 5.50. The molecule has 6 nitrogen and oxygen atoms in total. The van der Waals surface area contributed by atoms with E-state index in [1.807, 2.05) is 20.8 Å². The Balaban J connectivity index is 2.22.